The number of H-pyrrole nitrogens is 1. The Hall–Kier alpha value is -3.48. The molecule has 4 aromatic rings. The highest BCUT2D eigenvalue weighted by Gasteiger charge is 2.25. The molecule has 1 aliphatic carbocycles. The van der Waals surface area contributed by atoms with Crippen LogP contribution in [0.25, 0.3) is 10.9 Å². The number of hydrogen-bond donors (Lipinski definition) is 3. The molecule has 3 N–H and O–H groups in total. The first kappa shape index (κ1) is 15.7. The Morgan fingerprint density at radius 3 is 2.74 bits per heavy atom. The van der Waals surface area contributed by atoms with Gasteiger partial charge < -0.3 is 10.6 Å². The molecule has 0 radical (unpaired) electrons. The first-order chi connectivity index (χ1) is 13.2. The number of anilines is 4. The summed E-state index contributed by atoms with van der Waals surface area (Å²) in [6.07, 6.45) is 4.24. The van der Waals surface area contributed by atoms with Crippen molar-refractivity contribution >= 4 is 34.2 Å². The lowest BCUT2D eigenvalue weighted by molar-refractivity contribution is 0.966. The molecular formula is C20H19N7. The van der Waals surface area contributed by atoms with Crippen molar-refractivity contribution in [2.75, 3.05) is 10.6 Å². The molecule has 0 atom stereocenters. The molecule has 27 heavy (non-hydrogen) atoms. The van der Waals surface area contributed by atoms with Gasteiger partial charge in [0.2, 0.25) is 5.95 Å². The van der Waals surface area contributed by atoms with Crippen LogP contribution in [-0.4, -0.2) is 25.1 Å². The molecule has 134 valence electrons. The van der Waals surface area contributed by atoms with E-state index >= 15 is 0 Å². The van der Waals surface area contributed by atoms with Gasteiger partial charge in [0.1, 0.15) is 5.82 Å². The summed E-state index contributed by atoms with van der Waals surface area (Å²) in [6, 6.07) is 13.9. The number of pyridine rings is 1. The number of para-hydroxylation sites is 1. The van der Waals surface area contributed by atoms with Gasteiger partial charge in [0, 0.05) is 28.8 Å². The molecule has 0 saturated heterocycles. The zero-order chi connectivity index (χ0) is 18.2. The number of fused-ring (bicyclic) bond motifs is 1. The Morgan fingerprint density at radius 2 is 1.93 bits per heavy atom. The summed E-state index contributed by atoms with van der Waals surface area (Å²) < 4.78 is 0. The van der Waals surface area contributed by atoms with Gasteiger partial charge in [-0.3, -0.25) is 10.1 Å². The standard InChI is InChI=1S/C20H19N7/c1-12-6-9-14(11-21-12)22-20-23-16-5-3-2-4-15(16)19(25-20)24-18-10-17(26-27-18)13-7-8-13/h2-6,9-11,13H,7-8H2,1H3,(H3,22,23,24,25,26,27). The maximum atomic E-state index is 4.67. The van der Waals surface area contributed by atoms with Gasteiger partial charge >= 0.3 is 0 Å². The largest absolute Gasteiger partial charge is 0.323 e. The molecule has 0 bridgehead atoms. The average molecular weight is 357 g/mol. The molecule has 7 nitrogen and oxygen atoms in total. The summed E-state index contributed by atoms with van der Waals surface area (Å²) in [5, 5.41) is 15.0. The van der Waals surface area contributed by atoms with E-state index in [0.29, 0.717) is 11.9 Å². The molecule has 5 rings (SSSR count). The van der Waals surface area contributed by atoms with Crippen LogP contribution in [0.1, 0.15) is 30.1 Å². The minimum absolute atomic E-state index is 0.514. The highest BCUT2D eigenvalue weighted by Crippen LogP contribution is 2.39. The number of rotatable bonds is 5. The smallest absolute Gasteiger partial charge is 0.229 e. The van der Waals surface area contributed by atoms with Crippen molar-refractivity contribution in [2.24, 2.45) is 0 Å². The summed E-state index contributed by atoms with van der Waals surface area (Å²) in [7, 11) is 0. The number of aromatic nitrogens is 5. The van der Waals surface area contributed by atoms with E-state index in [2.05, 4.69) is 41.8 Å². The molecular weight excluding hydrogens is 338 g/mol. The first-order valence-electron chi connectivity index (χ1n) is 9.03. The second-order valence-corrected chi connectivity index (χ2v) is 6.83. The van der Waals surface area contributed by atoms with Gasteiger partial charge in [0.15, 0.2) is 5.82 Å². The SMILES string of the molecule is Cc1ccc(Nc2nc(Nc3cc(C4CC4)[nH]n3)c3ccccc3n2)cn1. The Morgan fingerprint density at radius 1 is 1.04 bits per heavy atom. The normalized spacial score (nSPS) is 13.7. The van der Waals surface area contributed by atoms with Crippen LogP contribution in [-0.2, 0) is 0 Å². The minimum Gasteiger partial charge on any atom is -0.323 e. The van der Waals surface area contributed by atoms with Gasteiger partial charge in [0.25, 0.3) is 0 Å². The monoisotopic (exact) mass is 357 g/mol. The van der Waals surface area contributed by atoms with Crippen molar-refractivity contribution < 1.29 is 0 Å². The summed E-state index contributed by atoms with van der Waals surface area (Å²) in [4.78, 5) is 13.6. The fourth-order valence-electron chi connectivity index (χ4n) is 3.02. The molecule has 1 fully saturated rings. The number of benzene rings is 1. The zero-order valence-corrected chi connectivity index (χ0v) is 14.9. The van der Waals surface area contributed by atoms with Crippen LogP contribution in [0.15, 0.2) is 48.7 Å². The molecule has 7 heteroatoms. The van der Waals surface area contributed by atoms with Gasteiger partial charge in [0.05, 0.1) is 17.4 Å². The van der Waals surface area contributed by atoms with Gasteiger partial charge in [-0.25, -0.2) is 4.98 Å². The summed E-state index contributed by atoms with van der Waals surface area (Å²) in [6.45, 7) is 1.96. The van der Waals surface area contributed by atoms with E-state index in [1.54, 1.807) is 6.20 Å². The Bertz CT molecular complexity index is 1100. The topological polar surface area (TPSA) is 91.4 Å². The van der Waals surface area contributed by atoms with Crippen LogP contribution in [0.3, 0.4) is 0 Å². The lowest BCUT2D eigenvalue weighted by Crippen LogP contribution is -2.02. The van der Waals surface area contributed by atoms with Crippen LogP contribution in [0.5, 0.6) is 0 Å². The molecule has 0 aliphatic heterocycles. The highest BCUT2D eigenvalue weighted by atomic mass is 15.2. The number of hydrogen-bond acceptors (Lipinski definition) is 6. The van der Waals surface area contributed by atoms with Gasteiger partial charge in [-0.05, 0) is 44.0 Å². The number of aryl methyl sites for hydroxylation is 1. The Labute approximate surface area is 156 Å². The molecule has 0 unspecified atom stereocenters. The van der Waals surface area contributed by atoms with E-state index < -0.39 is 0 Å². The maximum absolute atomic E-state index is 4.67. The predicted molar refractivity (Wildman–Crippen MR) is 106 cm³/mol. The fourth-order valence-corrected chi connectivity index (χ4v) is 3.02. The second-order valence-electron chi connectivity index (χ2n) is 6.83. The number of aromatic amines is 1. The predicted octanol–water partition coefficient (Wildman–Crippen LogP) is 4.42. The molecule has 3 aromatic heterocycles. The fraction of sp³-hybridized carbons (Fsp3) is 0.200. The third kappa shape index (κ3) is 3.31. The number of nitrogens with zero attached hydrogens (tertiary/aromatic N) is 4. The van der Waals surface area contributed by atoms with Crippen LogP contribution < -0.4 is 10.6 Å². The Balaban J connectivity index is 1.49. The van der Waals surface area contributed by atoms with Crippen LogP contribution in [0, 0.1) is 6.92 Å². The maximum Gasteiger partial charge on any atom is 0.229 e. The summed E-state index contributed by atoms with van der Waals surface area (Å²) in [5.74, 6) is 2.63. The van der Waals surface area contributed by atoms with Crippen molar-refractivity contribution in [3.8, 4) is 0 Å². The molecule has 1 saturated carbocycles. The second kappa shape index (κ2) is 6.35. The van der Waals surface area contributed by atoms with E-state index in [1.807, 2.05) is 43.3 Å². The lowest BCUT2D eigenvalue weighted by Gasteiger charge is -2.10. The molecule has 1 aliphatic rings. The van der Waals surface area contributed by atoms with Crippen LogP contribution in [0.4, 0.5) is 23.3 Å². The zero-order valence-electron chi connectivity index (χ0n) is 14.9. The molecule has 1 aromatic carbocycles. The molecule has 0 spiro atoms. The van der Waals surface area contributed by atoms with Crippen molar-refractivity contribution in [2.45, 2.75) is 25.7 Å². The summed E-state index contributed by atoms with van der Waals surface area (Å²) >= 11 is 0. The van der Waals surface area contributed by atoms with Crippen molar-refractivity contribution in [1.29, 1.82) is 0 Å². The third-order valence-corrected chi connectivity index (χ3v) is 4.63. The van der Waals surface area contributed by atoms with E-state index in [4.69, 9.17) is 0 Å². The van der Waals surface area contributed by atoms with Crippen molar-refractivity contribution in [3.05, 3.63) is 60.0 Å². The minimum atomic E-state index is 0.514. The molecule has 0 amide bonds. The van der Waals surface area contributed by atoms with Gasteiger partial charge in [-0.1, -0.05) is 12.1 Å². The summed E-state index contributed by atoms with van der Waals surface area (Å²) in [5.41, 5.74) is 3.85. The molecule has 3 heterocycles. The van der Waals surface area contributed by atoms with Crippen LogP contribution >= 0.6 is 0 Å². The average Bonchev–Trinajstić information content (AvgIpc) is 3.43. The quantitative estimate of drug-likeness (QED) is 0.490. The Kier molecular flexibility index (Phi) is 3.71. The van der Waals surface area contributed by atoms with Crippen molar-refractivity contribution in [3.63, 3.8) is 0 Å². The first-order valence-corrected chi connectivity index (χ1v) is 9.03. The van der Waals surface area contributed by atoms with Crippen LogP contribution in [0.2, 0.25) is 0 Å². The van der Waals surface area contributed by atoms with E-state index in [9.17, 15) is 0 Å². The third-order valence-electron chi connectivity index (χ3n) is 4.63. The van der Waals surface area contributed by atoms with Crippen molar-refractivity contribution in [1.82, 2.24) is 25.1 Å². The van der Waals surface area contributed by atoms with Gasteiger partial charge in [-0.15, -0.1) is 0 Å². The van der Waals surface area contributed by atoms with Gasteiger partial charge in [-0.2, -0.15) is 10.1 Å². The lowest BCUT2D eigenvalue weighted by atomic mass is 10.2. The van der Waals surface area contributed by atoms with E-state index in [1.165, 1.54) is 18.5 Å². The number of nitrogens with one attached hydrogen (secondary N) is 3. The van der Waals surface area contributed by atoms with E-state index in [-0.39, 0.29) is 0 Å². The highest BCUT2D eigenvalue weighted by molar-refractivity contribution is 5.91. The van der Waals surface area contributed by atoms with E-state index in [0.717, 1.165) is 33.9 Å².